The Kier molecular flexibility index (Phi) is 8.86. The molecule has 0 spiro atoms. The third kappa shape index (κ3) is 6.66. The molecule has 0 saturated heterocycles. The number of allylic oxidation sites excluding steroid dienone is 2. The number of carbonyl (C=O) groups is 2. The average Bonchev–Trinajstić information content (AvgIpc) is 3.04. The second-order valence-electron chi connectivity index (χ2n) is 9.99. The zero-order valence-corrected chi connectivity index (χ0v) is 25.2. The number of fused-ring (bicyclic) bond motifs is 2. The number of para-hydroxylation sites is 1. The maximum Gasteiger partial charge on any atom is 0.326 e. The smallest absolute Gasteiger partial charge is 0.326 e. The van der Waals surface area contributed by atoms with E-state index in [0.29, 0.717) is 18.0 Å². The van der Waals surface area contributed by atoms with Gasteiger partial charge >= 0.3 is 6.03 Å². The van der Waals surface area contributed by atoms with Crippen molar-refractivity contribution >= 4 is 52.5 Å². The first-order valence-electron chi connectivity index (χ1n) is 14.2. The van der Waals surface area contributed by atoms with Gasteiger partial charge in [0.1, 0.15) is 11.0 Å². The van der Waals surface area contributed by atoms with Crippen LogP contribution in [0.2, 0.25) is 0 Å². The molecule has 0 bridgehead atoms. The highest BCUT2D eigenvalue weighted by Crippen LogP contribution is 2.44. The van der Waals surface area contributed by atoms with Gasteiger partial charge in [0.15, 0.2) is 0 Å². The van der Waals surface area contributed by atoms with Crippen molar-refractivity contribution in [2.24, 2.45) is 0 Å². The predicted octanol–water partition coefficient (Wildman–Crippen LogP) is 8.56. The van der Waals surface area contributed by atoms with E-state index in [2.05, 4.69) is 28.9 Å². The number of benzene rings is 4. The van der Waals surface area contributed by atoms with Crippen LogP contribution in [0.5, 0.6) is 5.75 Å². The molecule has 4 aromatic rings. The van der Waals surface area contributed by atoms with Crippen molar-refractivity contribution in [3.8, 4) is 5.75 Å². The van der Waals surface area contributed by atoms with Gasteiger partial charge in [0, 0.05) is 21.2 Å². The molecule has 6 nitrogen and oxygen atoms in total. The molecule has 6 rings (SSSR count). The topological polar surface area (TPSA) is 70.7 Å². The van der Waals surface area contributed by atoms with Crippen LogP contribution in [0.3, 0.4) is 0 Å². The molecule has 0 saturated carbocycles. The van der Waals surface area contributed by atoms with E-state index in [4.69, 9.17) is 4.74 Å². The minimum Gasteiger partial charge on any atom is -0.494 e. The molecule has 1 heterocycles. The van der Waals surface area contributed by atoms with E-state index >= 15 is 0 Å². The van der Waals surface area contributed by atoms with E-state index in [-0.39, 0.29) is 23.2 Å². The quantitative estimate of drug-likeness (QED) is 0.197. The second-order valence-corrected chi connectivity index (χ2v) is 12.4. The third-order valence-electron chi connectivity index (χ3n) is 7.07. The first kappa shape index (κ1) is 28.7. The van der Waals surface area contributed by atoms with E-state index in [1.54, 1.807) is 11.8 Å². The summed E-state index contributed by atoms with van der Waals surface area (Å²) in [5.74, 6) is 0.618. The van der Waals surface area contributed by atoms with Crippen LogP contribution in [-0.4, -0.2) is 29.8 Å². The molecule has 0 aromatic heterocycles. The lowest BCUT2D eigenvalue weighted by atomic mass is 10.1. The van der Waals surface area contributed by atoms with Crippen LogP contribution in [-0.2, 0) is 4.79 Å². The number of nitrogens with zero attached hydrogens (tertiary/aromatic N) is 1. The van der Waals surface area contributed by atoms with E-state index in [9.17, 15) is 9.59 Å². The first-order valence-corrected chi connectivity index (χ1v) is 15.9. The van der Waals surface area contributed by atoms with Crippen LogP contribution in [0.15, 0.2) is 137 Å². The molecule has 0 radical (unpaired) electrons. The predicted molar refractivity (Wildman–Crippen MR) is 177 cm³/mol. The lowest BCUT2D eigenvalue weighted by Gasteiger charge is -2.40. The minimum absolute atomic E-state index is 0.0868. The molecule has 1 aliphatic carbocycles. The van der Waals surface area contributed by atoms with Gasteiger partial charge < -0.3 is 15.4 Å². The Labute approximate surface area is 260 Å². The molecule has 2 N–H and O–H groups in total. The van der Waals surface area contributed by atoms with Gasteiger partial charge in [-0.15, -0.1) is 23.5 Å². The monoisotopic (exact) mass is 605 g/mol. The Balaban J connectivity index is 1.21. The van der Waals surface area contributed by atoms with Crippen molar-refractivity contribution in [2.75, 3.05) is 22.1 Å². The number of hydrogen-bond acceptors (Lipinski definition) is 5. The first-order chi connectivity index (χ1) is 21.1. The Hall–Kier alpha value is -4.40. The summed E-state index contributed by atoms with van der Waals surface area (Å²) in [5.41, 5.74) is 3.14. The number of urea groups is 1. The van der Waals surface area contributed by atoms with Gasteiger partial charge in [0.05, 0.1) is 23.6 Å². The molecule has 43 heavy (non-hydrogen) atoms. The lowest BCUT2D eigenvalue weighted by Crippen LogP contribution is -2.49. The molecular weight excluding hydrogens is 575 g/mol. The molecular formula is C35H31N3O3S2. The summed E-state index contributed by atoms with van der Waals surface area (Å²) in [6, 6.07) is 32.4. The van der Waals surface area contributed by atoms with Gasteiger partial charge in [-0.25, -0.2) is 4.79 Å². The second kappa shape index (κ2) is 13.3. The number of anilines is 3. The number of hydrogen-bond donors (Lipinski definition) is 2. The van der Waals surface area contributed by atoms with Crippen LogP contribution in [0.4, 0.5) is 21.9 Å². The fourth-order valence-corrected chi connectivity index (χ4v) is 7.44. The fraction of sp³-hybridized carbons (Fsp3) is 0.143. The van der Waals surface area contributed by atoms with Crippen LogP contribution >= 0.6 is 23.5 Å². The molecule has 3 unspecified atom stereocenters. The number of carbonyl (C=O) groups excluding carboxylic acids is 2. The molecule has 4 aromatic carbocycles. The highest BCUT2D eigenvalue weighted by molar-refractivity contribution is 8.00. The highest BCUT2D eigenvalue weighted by Gasteiger charge is 2.36. The Morgan fingerprint density at radius 2 is 1.63 bits per heavy atom. The zero-order valence-electron chi connectivity index (χ0n) is 23.6. The SMILES string of the molecule is CCOc1ccc(NC(=O)C(Sc2cccc(NC(=O)N3c4ccccc4SC4C=CC=CC43)c2)c2ccccc2)cc1. The Morgan fingerprint density at radius 3 is 2.44 bits per heavy atom. The summed E-state index contributed by atoms with van der Waals surface area (Å²) in [7, 11) is 0. The molecule has 1 aliphatic heterocycles. The van der Waals surface area contributed by atoms with Crippen molar-refractivity contribution < 1.29 is 14.3 Å². The number of amides is 3. The summed E-state index contributed by atoms with van der Waals surface area (Å²) in [6.07, 6.45) is 8.25. The van der Waals surface area contributed by atoms with Crippen molar-refractivity contribution in [2.45, 2.75) is 33.3 Å². The summed E-state index contributed by atoms with van der Waals surface area (Å²) in [5, 5.41) is 5.80. The van der Waals surface area contributed by atoms with E-state index in [1.807, 2.05) is 121 Å². The molecule has 3 amide bonds. The van der Waals surface area contributed by atoms with Crippen LogP contribution < -0.4 is 20.3 Å². The number of ether oxygens (including phenoxy) is 1. The number of thioether (sulfide) groups is 2. The summed E-state index contributed by atoms with van der Waals surface area (Å²) >= 11 is 3.21. The normalized spacial score (nSPS) is 17.4. The van der Waals surface area contributed by atoms with Gasteiger partial charge in [0.2, 0.25) is 5.91 Å². The van der Waals surface area contributed by atoms with Crippen molar-refractivity contribution in [3.63, 3.8) is 0 Å². The Morgan fingerprint density at radius 1 is 0.860 bits per heavy atom. The molecule has 216 valence electrons. The maximum atomic E-state index is 13.8. The number of nitrogens with one attached hydrogen (secondary N) is 2. The maximum absolute atomic E-state index is 13.8. The van der Waals surface area contributed by atoms with E-state index < -0.39 is 5.25 Å². The molecule has 3 atom stereocenters. The van der Waals surface area contributed by atoms with Crippen molar-refractivity contribution in [3.05, 3.63) is 133 Å². The van der Waals surface area contributed by atoms with Gasteiger partial charge in [-0.3, -0.25) is 9.69 Å². The van der Waals surface area contributed by atoms with E-state index in [1.165, 1.54) is 11.8 Å². The molecule has 0 fully saturated rings. The standard InChI is InChI=1S/C35H31N3O3S2/c1-2-41-27-21-19-25(20-22-27)36-34(39)33(24-11-4-3-5-12-24)42-28-14-10-13-26(23-28)37-35(40)38-29-15-6-8-17-31(29)43-32-18-9-7-16-30(32)38/h3-23,29,31,33H,2H2,1H3,(H,36,39)(H,37,40). The zero-order chi connectivity index (χ0) is 29.6. The Bertz CT molecular complexity index is 1660. The molecule has 2 aliphatic rings. The third-order valence-corrected chi connectivity index (χ3v) is 9.63. The van der Waals surface area contributed by atoms with Crippen LogP contribution in [0.1, 0.15) is 17.7 Å². The number of rotatable bonds is 8. The van der Waals surface area contributed by atoms with Crippen LogP contribution in [0, 0.1) is 0 Å². The largest absolute Gasteiger partial charge is 0.494 e. The van der Waals surface area contributed by atoms with Gasteiger partial charge in [-0.05, 0) is 67.1 Å². The lowest BCUT2D eigenvalue weighted by molar-refractivity contribution is -0.115. The highest BCUT2D eigenvalue weighted by atomic mass is 32.2. The van der Waals surface area contributed by atoms with Gasteiger partial charge in [-0.1, -0.05) is 72.8 Å². The van der Waals surface area contributed by atoms with E-state index in [0.717, 1.165) is 26.8 Å². The fourth-order valence-electron chi connectivity index (χ4n) is 5.10. The summed E-state index contributed by atoms with van der Waals surface area (Å²) in [6.45, 7) is 2.52. The molecule has 8 heteroatoms. The van der Waals surface area contributed by atoms with Crippen molar-refractivity contribution in [1.82, 2.24) is 0 Å². The van der Waals surface area contributed by atoms with Crippen LogP contribution in [0.25, 0.3) is 0 Å². The van der Waals surface area contributed by atoms with Gasteiger partial charge in [0.25, 0.3) is 0 Å². The average molecular weight is 606 g/mol. The van der Waals surface area contributed by atoms with Gasteiger partial charge in [-0.2, -0.15) is 0 Å². The minimum atomic E-state index is -0.510. The summed E-state index contributed by atoms with van der Waals surface area (Å²) in [4.78, 5) is 31.2. The summed E-state index contributed by atoms with van der Waals surface area (Å²) < 4.78 is 5.53. The van der Waals surface area contributed by atoms with Crippen molar-refractivity contribution in [1.29, 1.82) is 0 Å².